The quantitative estimate of drug-likeness (QED) is 0.0148. The van der Waals surface area contributed by atoms with Crippen LogP contribution in [0.4, 0.5) is 0 Å². The molecule has 1 fully saturated rings. The number of amides is 7. The monoisotopic (exact) mass is 1040 g/mol. The molecule has 2 heterocycles. The maximum absolute atomic E-state index is 14.4. The van der Waals surface area contributed by atoms with Crippen molar-refractivity contribution in [3.05, 3.63) is 83.9 Å². The number of carboxylic acids is 2. The van der Waals surface area contributed by atoms with E-state index in [-0.39, 0.29) is 74.8 Å². The minimum atomic E-state index is -1.52. The van der Waals surface area contributed by atoms with E-state index < -0.39 is 108 Å². The number of hydrogen-bond acceptors (Lipinski definition) is 15. The smallest absolute Gasteiger partial charge is 0.326 e. The Labute approximate surface area is 424 Å². The van der Waals surface area contributed by atoms with Crippen LogP contribution in [0.25, 0.3) is 0 Å². The average Bonchev–Trinajstić information content (AvgIpc) is 4.06. The number of H-pyrrole nitrogens is 1. The Balaban J connectivity index is 1.52. The second-order valence-electron chi connectivity index (χ2n) is 16.8. The van der Waals surface area contributed by atoms with Crippen molar-refractivity contribution in [1.29, 1.82) is 0 Å². The van der Waals surface area contributed by atoms with Crippen LogP contribution in [0.2, 0.25) is 0 Å². The van der Waals surface area contributed by atoms with E-state index in [1.54, 1.807) is 30.3 Å². The normalized spacial score (nSPS) is 16.0. The maximum Gasteiger partial charge on any atom is 0.326 e. The number of aromatic amines is 1. The Morgan fingerprint density at radius 2 is 1.28 bits per heavy atom. The van der Waals surface area contributed by atoms with Crippen LogP contribution in [-0.2, 0) is 62.4 Å². The molecule has 3 aromatic rings. The van der Waals surface area contributed by atoms with E-state index in [9.17, 15) is 53.4 Å². The fraction of sp³-hybridized carbons (Fsp3) is 0.444. The number of thiol groups is 2. The fourth-order valence-electron chi connectivity index (χ4n) is 7.52. The Morgan fingerprint density at radius 3 is 1.85 bits per heavy atom. The van der Waals surface area contributed by atoms with Gasteiger partial charge in [0.1, 0.15) is 48.0 Å². The number of hydrogen-bond donors (Lipinski definition) is 15. The molecule has 16 N–H and O–H groups in total. The number of benzene rings is 2. The van der Waals surface area contributed by atoms with Crippen molar-refractivity contribution in [3.8, 4) is 5.75 Å². The van der Waals surface area contributed by atoms with Gasteiger partial charge in [0.15, 0.2) is 5.96 Å². The molecule has 0 saturated carbocycles. The summed E-state index contributed by atoms with van der Waals surface area (Å²) in [4.78, 5) is 132. The molecule has 25 nitrogen and oxygen atoms in total. The Kier molecular flexibility index (Phi) is 22.6. The van der Waals surface area contributed by atoms with Crippen LogP contribution in [0.1, 0.15) is 48.9 Å². The predicted molar refractivity (Wildman–Crippen MR) is 266 cm³/mol. The minimum absolute atomic E-state index is 0.0105. The molecular weight excluding hydrogens is 979 g/mol. The lowest BCUT2D eigenvalue weighted by atomic mass is 10.0. The number of carbonyl (C=O) groups is 9. The number of carboxylic acid groups (broad SMARTS) is 2. The number of nitrogens with one attached hydrogen (secondary N) is 7. The van der Waals surface area contributed by atoms with Crippen molar-refractivity contribution < 1.29 is 58.5 Å². The number of aliphatic carboxylic acids is 2. The summed E-state index contributed by atoms with van der Waals surface area (Å²) >= 11 is 8.53. The second-order valence-corrected chi connectivity index (χ2v) is 17.5. The van der Waals surface area contributed by atoms with E-state index in [4.69, 9.17) is 22.3 Å². The number of likely N-dealkylation sites (tertiary alicyclic amines) is 1. The molecule has 0 bridgehead atoms. The minimum Gasteiger partial charge on any atom is -0.508 e. The largest absolute Gasteiger partial charge is 0.508 e. The number of nitrogens with two attached hydrogens (primary N) is 3. The number of aromatic hydroxyl groups is 1. The number of imidazole rings is 1. The van der Waals surface area contributed by atoms with Crippen molar-refractivity contribution in [2.24, 2.45) is 22.2 Å². The first-order valence-electron chi connectivity index (χ1n) is 22.7. The Bertz CT molecular complexity index is 2380. The van der Waals surface area contributed by atoms with Crippen molar-refractivity contribution >= 4 is 84.5 Å². The third-order valence-corrected chi connectivity index (χ3v) is 12.0. The van der Waals surface area contributed by atoms with Gasteiger partial charge in [-0.25, -0.2) is 9.78 Å². The van der Waals surface area contributed by atoms with Gasteiger partial charge in [0, 0.05) is 55.7 Å². The van der Waals surface area contributed by atoms with Gasteiger partial charge in [0.2, 0.25) is 41.4 Å². The molecule has 7 amide bonds. The fourth-order valence-corrected chi connectivity index (χ4v) is 8.04. The summed E-state index contributed by atoms with van der Waals surface area (Å²) in [5.74, 6) is -9.56. The molecule has 8 atom stereocenters. The SMILES string of the molecule is NC(N)=NCCC[C@H](NC(=O)[C@@H](N)CC(=O)O)C(=O)N[C@H](CS)C(=O)N[C@@H](Cc1ccc(O)cc1)C(=O)N[C@@H](CS)C(=O)N[C@@H](Cc1cnc[nH]1)C(=O)N1CCC[C@H]1C(=O)N[C@@H](Cc1ccccc1)C(=O)O. The molecule has 1 aliphatic rings. The number of aliphatic imine (C=N–C) groups is 1. The number of nitrogens with zero attached hydrogens (tertiary/aromatic N) is 3. The standard InChI is InChI=1S/C45H61N13O12S2/c46-28(19-36(60)61)37(62)52-29(8-4-14-50-45(47)48)38(63)56-33(21-71)40(65)53-30(16-25-10-12-27(59)13-11-25)39(64)57-34(22-72)41(66)54-31(18-26-20-49-23-51-26)43(68)58-15-5-9-35(58)42(67)55-32(44(69)70)17-24-6-2-1-3-7-24/h1-3,6-7,10-13,20,23,28-35,59,71-72H,4-5,8-9,14-19,21-22,46H2,(H,49,51)(H,52,62)(H,53,65)(H,54,66)(H,55,67)(H,56,63)(H,57,64)(H,60,61)(H,69,70)(H4,47,48,50)/t28-,29-,30-,31-,32-,33+,34-,35-/m0/s1. The molecule has 72 heavy (non-hydrogen) atoms. The maximum atomic E-state index is 14.4. The lowest BCUT2D eigenvalue weighted by molar-refractivity contribution is -0.145. The highest BCUT2D eigenvalue weighted by Gasteiger charge is 2.40. The molecule has 4 rings (SSSR count). The van der Waals surface area contributed by atoms with Crippen molar-refractivity contribution in [2.45, 2.75) is 99.7 Å². The number of aromatic nitrogens is 2. The highest BCUT2D eigenvalue weighted by molar-refractivity contribution is 7.80. The van der Waals surface area contributed by atoms with Gasteiger partial charge < -0.3 is 74.3 Å². The molecule has 0 spiro atoms. The van der Waals surface area contributed by atoms with Crippen molar-refractivity contribution in [3.63, 3.8) is 0 Å². The van der Waals surface area contributed by atoms with Crippen LogP contribution in [0.15, 0.2) is 72.1 Å². The van der Waals surface area contributed by atoms with E-state index in [1.807, 2.05) is 0 Å². The highest BCUT2D eigenvalue weighted by Crippen LogP contribution is 2.21. The molecule has 2 aromatic carbocycles. The topological polar surface area (TPSA) is 409 Å². The molecule has 27 heteroatoms. The zero-order chi connectivity index (χ0) is 52.9. The van der Waals surface area contributed by atoms with Crippen LogP contribution in [-0.4, -0.2) is 162 Å². The molecule has 0 radical (unpaired) electrons. The first-order chi connectivity index (χ1) is 34.3. The van der Waals surface area contributed by atoms with Crippen molar-refractivity contribution in [2.75, 3.05) is 24.6 Å². The van der Waals surface area contributed by atoms with E-state index >= 15 is 0 Å². The van der Waals surface area contributed by atoms with Gasteiger partial charge in [-0.05, 0) is 48.9 Å². The first-order valence-corrected chi connectivity index (χ1v) is 24.0. The van der Waals surface area contributed by atoms with Gasteiger partial charge in [-0.1, -0.05) is 42.5 Å². The molecule has 1 aromatic heterocycles. The lowest BCUT2D eigenvalue weighted by Gasteiger charge is -2.30. The first kappa shape index (κ1) is 57.2. The van der Waals surface area contributed by atoms with Crippen molar-refractivity contribution in [1.82, 2.24) is 46.8 Å². The van der Waals surface area contributed by atoms with Gasteiger partial charge in [0.05, 0.1) is 18.8 Å². The predicted octanol–water partition coefficient (Wildman–Crippen LogP) is -3.16. The number of phenolic OH excluding ortho intramolecular Hbond substituents is 1. The molecule has 1 aliphatic heterocycles. The molecule has 390 valence electrons. The zero-order valence-electron chi connectivity index (χ0n) is 38.9. The average molecular weight is 1040 g/mol. The number of rotatable bonds is 28. The molecule has 0 aliphatic carbocycles. The van der Waals surface area contributed by atoms with Crippen LogP contribution in [0.3, 0.4) is 0 Å². The summed E-state index contributed by atoms with van der Waals surface area (Å²) in [6.07, 6.45) is 2.35. The van der Waals surface area contributed by atoms with Gasteiger partial charge >= 0.3 is 11.9 Å². The Hall–Kier alpha value is -7.39. The highest BCUT2D eigenvalue weighted by atomic mass is 32.1. The molecule has 1 saturated heterocycles. The van der Waals surface area contributed by atoms with Crippen LogP contribution < -0.4 is 49.1 Å². The number of guanidine groups is 1. The van der Waals surface area contributed by atoms with Crippen LogP contribution in [0.5, 0.6) is 5.75 Å². The second kappa shape index (κ2) is 28.5. The van der Waals surface area contributed by atoms with Gasteiger partial charge in [0.25, 0.3) is 0 Å². The summed E-state index contributed by atoms with van der Waals surface area (Å²) in [7, 11) is 0. The van der Waals surface area contributed by atoms with E-state index in [0.29, 0.717) is 23.2 Å². The van der Waals surface area contributed by atoms with Crippen LogP contribution >= 0.6 is 25.3 Å². The summed E-state index contributed by atoms with van der Waals surface area (Å²) in [5, 5.41) is 44.2. The van der Waals surface area contributed by atoms with Gasteiger partial charge in [-0.2, -0.15) is 25.3 Å². The van der Waals surface area contributed by atoms with Gasteiger partial charge in [-0.3, -0.25) is 43.3 Å². The summed E-state index contributed by atoms with van der Waals surface area (Å²) in [5.41, 5.74) is 18.0. The van der Waals surface area contributed by atoms with E-state index in [1.165, 1.54) is 41.7 Å². The van der Waals surface area contributed by atoms with Gasteiger partial charge in [-0.15, -0.1) is 0 Å². The molecule has 0 unspecified atom stereocenters. The molecular formula is C45H61N13O12S2. The summed E-state index contributed by atoms with van der Waals surface area (Å²) in [6, 6.07) is 3.38. The van der Waals surface area contributed by atoms with E-state index in [0.717, 1.165) is 0 Å². The number of phenols is 1. The summed E-state index contributed by atoms with van der Waals surface area (Å²) < 4.78 is 0. The van der Waals surface area contributed by atoms with Crippen LogP contribution in [0, 0.1) is 0 Å². The lowest BCUT2D eigenvalue weighted by Crippen LogP contribution is -2.61. The van der Waals surface area contributed by atoms with E-state index in [2.05, 4.69) is 72.1 Å². The third-order valence-electron chi connectivity index (χ3n) is 11.3. The zero-order valence-corrected chi connectivity index (χ0v) is 40.7. The Morgan fingerprint density at radius 1 is 0.722 bits per heavy atom. The summed E-state index contributed by atoms with van der Waals surface area (Å²) in [6.45, 7) is 0.155. The number of carbonyl (C=O) groups excluding carboxylic acids is 7. The third kappa shape index (κ3) is 18.1.